The van der Waals surface area contributed by atoms with Gasteiger partial charge < -0.3 is 10.2 Å². The van der Waals surface area contributed by atoms with Crippen LogP contribution in [0.4, 0.5) is 13.2 Å². The van der Waals surface area contributed by atoms with Crippen molar-refractivity contribution in [1.82, 2.24) is 10.2 Å². The van der Waals surface area contributed by atoms with Gasteiger partial charge in [-0.05, 0) is 39.4 Å². The van der Waals surface area contributed by atoms with Gasteiger partial charge in [-0.2, -0.15) is 13.2 Å². The molecule has 1 unspecified atom stereocenters. The molecule has 2 nitrogen and oxygen atoms in total. The number of nitrogens with zero attached hydrogens (tertiary/aromatic N) is 1. The van der Waals surface area contributed by atoms with E-state index in [1.165, 1.54) is 7.05 Å². The van der Waals surface area contributed by atoms with E-state index < -0.39 is 11.7 Å². The molecule has 0 aromatic carbocycles. The first kappa shape index (κ1) is 12.8. The highest BCUT2D eigenvalue weighted by molar-refractivity contribution is 4.96. The van der Waals surface area contributed by atoms with Gasteiger partial charge in [-0.3, -0.25) is 0 Å². The maximum atomic E-state index is 12.9. The van der Waals surface area contributed by atoms with Crippen molar-refractivity contribution >= 4 is 0 Å². The Morgan fingerprint density at radius 1 is 1.27 bits per heavy atom. The summed E-state index contributed by atoms with van der Waals surface area (Å²) < 4.78 is 38.8. The van der Waals surface area contributed by atoms with E-state index in [2.05, 4.69) is 10.2 Å². The van der Waals surface area contributed by atoms with Gasteiger partial charge in [0.25, 0.3) is 0 Å². The van der Waals surface area contributed by atoms with Crippen LogP contribution in [0.1, 0.15) is 26.2 Å². The summed E-state index contributed by atoms with van der Waals surface area (Å²) in [6.45, 7) is 4.12. The van der Waals surface area contributed by atoms with Gasteiger partial charge in [0.15, 0.2) is 0 Å². The van der Waals surface area contributed by atoms with Crippen LogP contribution in [-0.4, -0.2) is 43.3 Å². The summed E-state index contributed by atoms with van der Waals surface area (Å²) in [4.78, 5) is 2.07. The van der Waals surface area contributed by atoms with Crippen molar-refractivity contribution in [1.29, 1.82) is 0 Å². The molecule has 0 bridgehead atoms. The Bertz CT molecular complexity index is 205. The van der Waals surface area contributed by atoms with Crippen molar-refractivity contribution < 1.29 is 13.2 Å². The van der Waals surface area contributed by atoms with Crippen LogP contribution in [0.15, 0.2) is 0 Å². The SMILES string of the molecule is CCN1CCCC(NC)(C(F)(F)F)CC1. The Balaban J connectivity index is 2.75. The number of alkyl halides is 3. The molecule has 0 aliphatic carbocycles. The molecule has 90 valence electrons. The predicted molar refractivity (Wildman–Crippen MR) is 53.8 cm³/mol. The molecular formula is C10H19F3N2. The summed E-state index contributed by atoms with van der Waals surface area (Å²) in [5.74, 6) is 0. The molecule has 0 amide bonds. The van der Waals surface area contributed by atoms with Gasteiger partial charge in [0, 0.05) is 6.54 Å². The third kappa shape index (κ3) is 2.64. The van der Waals surface area contributed by atoms with Crippen LogP contribution in [0.5, 0.6) is 0 Å². The van der Waals surface area contributed by atoms with Gasteiger partial charge in [-0.1, -0.05) is 6.92 Å². The summed E-state index contributed by atoms with van der Waals surface area (Å²) in [5, 5.41) is 2.49. The van der Waals surface area contributed by atoms with Crippen molar-refractivity contribution in [2.75, 3.05) is 26.7 Å². The zero-order chi connectivity index (χ0) is 11.5. The van der Waals surface area contributed by atoms with Crippen molar-refractivity contribution in [3.05, 3.63) is 0 Å². The smallest absolute Gasteiger partial charge is 0.307 e. The number of hydrogen-bond acceptors (Lipinski definition) is 2. The van der Waals surface area contributed by atoms with Gasteiger partial charge in [0.05, 0.1) is 0 Å². The lowest BCUT2D eigenvalue weighted by molar-refractivity contribution is -0.198. The highest BCUT2D eigenvalue weighted by Crippen LogP contribution is 2.38. The fourth-order valence-electron chi connectivity index (χ4n) is 2.18. The quantitative estimate of drug-likeness (QED) is 0.772. The largest absolute Gasteiger partial charge is 0.406 e. The summed E-state index contributed by atoms with van der Waals surface area (Å²) in [6, 6.07) is 0. The first-order valence-corrected chi connectivity index (χ1v) is 5.43. The average molecular weight is 224 g/mol. The highest BCUT2D eigenvalue weighted by atomic mass is 19.4. The van der Waals surface area contributed by atoms with E-state index in [0.29, 0.717) is 13.0 Å². The Kier molecular flexibility index (Phi) is 4.00. The third-order valence-electron chi connectivity index (χ3n) is 3.40. The minimum atomic E-state index is -4.15. The molecule has 0 radical (unpaired) electrons. The number of halogens is 3. The Morgan fingerprint density at radius 2 is 1.93 bits per heavy atom. The molecule has 1 rings (SSSR count). The molecule has 1 aliphatic rings. The lowest BCUT2D eigenvalue weighted by Gasteiger charge is -2.34. The van der Waals surface area contributed by atoms with Crippen LogP contribution in [0, 0.1) is 0 Å². The van der Waals surface area contributed by atoms with Gasteiger partial charge in [0.1, 0.15) is 5.54 Å². The van der Waals surface area contributed by atoms with Crippen molar-refractivity contribution in [2.45, 2.75) is 37.9 Å². The topological polar surface area (TPSA) is 15.3 Å². The van der Waals surface area contributed by atoms with E-state index in [9.17, 15) is 13.2 Å². The maximum absolute atomic E-state index is 12.9. The fraction of sp³-hybridized carbons (Fsp3) is 1.00. The molecule has 0 aromatic rings. The molecule has 15 heavy (non-hydrogen) atoms. The van der Waals surface area contributed by atoms with Crippen LogP contribution in [0.25, 0.3) is 0 Å². The minimum absolute atomic E-state index is 0.154. The molecule has 1 N–H and O–H groups in total. The van der Waals surface area contributed by atoms with Crippen LogP contribution in [-0.2, 0) is 0 Å². The van der Waals surface area contributed by atoms with E-state index >= 15 is 0 Å². The molecular weight excluding hydrogens is 205 g/mol. The molecule has 1 fully saturated rings. The summed E-state index contributed by atoms with van der Waals surface area (Å²) in [7, 11) is 1.41. The number of rotatable bonds is 2. The molecule has 1 atom stereocenters. The zero-order valence-electron chi connectivity index (χ0n) is 9.32. The maximum Gasteiger partial charge on any atom is 0.406 e. The minimum Gasteiger partial charge on any atom is -0.307 e. The van der Waals surface area contributed by atoms with Crippen LogP contribution in [0.3, 0.4) is 0 Å². The number of likely N-dealkylation sites (tertiary alicyclic amines) is 1. The van der Waals surface area contributed by atoms with E-state index in [-0.39, 0.29) is 12.8 Å². The van der Waals surface area contributed by atoms with Crippen molar-refractivity contribution in [3.8, 4) is 0 Å². The van der Waals surface area contributed by atoms with Crippen LogP contribution in [0.2, 0.25) is 0 Å². The highest BCUT2D eigenvalue weighted by Gasteiger charge is 2.53. The Morgan fingerprint density at radius 3 is 2.40 bits per heavy atom. The molecule has 1 aliphatic heterocycles. The molecule has 1 heterocycles. The van der Waals surface area contributed by atoms with E-state index in [1.807, 2.05) is 6.92 Å². The second kappa shape index (κ2) is 4.70. The van der Waals surface area contributed by atoms with Gasteiger partial charge in [-0.25, -0.2) is 0 Å². The zero-order valence-corrected chi connectivity index (χ0v) is 9.32. The second-order valence-corrected chi connectivity index (χ2v) is 4.12. The second-order valence-electron chi connectivity index (χ2n) is 4.12. The Hall–Kier alpha value is -0.290. The first-order chi connectivity index (χ1) is 6.95. The number of hydrogen-bond donors (Lipinski definition) is 1. The lowest BCUT2D eigenvalue weighted by atomic mass is 9.90. The predicted octanol–water partition coefficient (Wildman–Crippen LogP) is 2.01. The number of nitrogens with one attached hydrogen (secondary N) is 1. The standard InChI is InChI=1S/C10H19F3N2/c1-3-15-7-4-5-9(14-2,6-8-15)10(11,12)13/h14H,3-8H2,1-2H3. The third-order valence-corrected chi connectivity index (χ3v) is 3.40. The van der Waals surface area contributed by atoms with E-state index in [4.69, 9.17) is 0 Å². The Labute approximate surface area is 88.8 Å². The monoisotopic (exact) mass is 224 g/mol. The van der Waals surface area contributed by atoms with Gasteiger partial charge in [0.2, 0.25) is 0 Å². The summed E-state index contributed by atoms with van der Waals surface area (Å²) >= 11 is 0. The first-order valence-electron chi connectivity index (χ1n) is 5.43. The average Bonchev–Trinajstić information content (AvgIpc) is 2.38. The lowest BCUT2D eigenvalue weighted by Crippen LogP contribution is -2.55. The van der Waals surface area contributed by atoms with Gasteiger partial charge >= 0.3 is 6.18 Å². The molecule has 0 spiro atoms. The summed E-state index contributed by atoms with van der Waals surface area (Å²) in [5.41, 5.74) is -1.67. The van der Waals surface area contributed by atoms with Gasteiger partial charge in [-0.15, -0.1) is 0 Å². The normalized spacial score (nSPS) is 30.2. The fourth-order valence-corrected chi connectivity index (χ4v) is 2.18. The molecule has 1 saturated heterocycles. The van der Waals surface area contributed by atoms with Crippen molar-refractivity contribution in [2.24, 2.45) is 0 Å². The van der Waals surface area contributed by atoms with Crippen molar-refractivity contribution in [3.63, 3.8) is 0 Å². The van der Waals surface area contributed by atoms with Crippen LogP contribution < -0.4 is 5.32 Å². The molecule has 0 saturated carbocycles. The molecule has 5 heteroatoms. The van der Waals surface area contributed by atoms with E-state index in [1.54, 1.807) is 0 Å². The van der Waals surface area contributed by atoms with Crippen LogP contribution >= 0.6 is 0 Å². The van der Waals surface area contributed by atoms with E-state index in [0.717, 1.165) is 13.1 Å². The summed E-state index contributed by atoms with van der Waals surface area (Å²) in [6.07, 6.45) is -3.20. The molecule has 0 aromatic heterocycles.